The molecule has 2 rings (SSSR count). The van der Waals surface area contributed by atoms with Gasteiger partial charge in [0.05, 0.1) is 5.69 Å². The maximum atomic E-state index is 13.6. The van der Waals surface area contributed by atoms with E-state index >= 15 is 0 Å². The van der Waals surface area contributed by atoms with Crippen molar-refractivity contribution in [2.24, 2.45) is 0 Å². The summed E-state index contributed by atoms with van der Waals surface area (Å²) in [6, 6.07) is 11.6. The van der Waals surface area contributed by atoms with Crippen LogP contribution in [-0.2, 0) is 16.0 Å². The summed E-state index contributed by atoms with van der Waals surface area (Å²) >= 11 is 3.15. The van der Waals surface area contributed by atoms with Crippen LogP contribution >= 0.6 is 15.9 Å². The second-order valence-electron chi connectivity index (χ2n) is 5.31. The number of hydrogen-bond acceptors (Lipinski definition) is 3. The standard InChI is InChI=1S/C18H17BrFNO3/c1-12(22)2-3-13-4-7-15(8-5-13)24-11-18(23)21-17-9-6-14(19)10-16(17)20/h4-10H,2-3,11H2,1H3,(H,21,23). The van der Waals surface area contributed by atoms with Crippen LogP contribution in [0.25, 0.3) is 0 Å². The Hall–Kier alpha value is -2.21. The van der Waals surface area contributed by atoms with Gasteiger partial charge in [0.1, 0.15) is 17.3 Å². The molecule has 0 aliphatic rings. The summed E-state index contributed by atoms with van der Waals surface area (Å²) in [4.78, 5) is 22.8. The maximum absolute atomic E-state index is 13.6. The van der Waals surface area contributed by atoms with E-state index < -0.39 is 11.7 Å². The van der Waals surface area contributed by atoms with Crippen LogP contribution in [0.2, 0.25) is 0 Å². The first kappa shape index (κ1) is 18.1. The van der Waals surface area contributed by atoms with Crippen molar-refractivity contribution in [2.75, 3.05) is 11.9 Å². The van der Waals surface area contributed by atoms with Gasteiger partial charge in [-0.1, -0.05) is 28.1 Å². The Balaban J connectivity index is 1.84. The van der Waals surface area contributed by atoms with Gasteiger partial charge in [0.2, 0.25) is 0 Å². The molecule has 0 atom stereocenters. The number of hydrogen-bond donors (Lipinski definition) is 1. The molecule has 0 spiro atoms. The Labute approximate surface area is 148 Å². The molecule has 0 aliphatic carbocycles. The van der Waals surface area contributed by atoms with Crippen molar-refractivity contribution < 1.29 is 18.7 Å². The smallest absolute Gasteiger partial charge is 0.262 e. The quantitative estimate of drug-likeness (QED) is 0.769. The van der Waals surface area contributed by atoms with Gasteiger partial charge in [-0.25, -0.2) is 4.39 Å². The summed E-state index contributed by atoms with van der Waals surface area (Å²) < 4.78 is 19.6. The minimum absolute atomic E-state index is 0.103. The van der Waals surface area contributed by atoms with E-state index in [1.807, 2.05) is 12.1 Å². The highest BCUT2D eigenvalue weighted by Crippen LogP contribution is 2.19. The predicted molar refractivity (Wildman–Crippen MR) is 93.7 cm³/mol. The highest BCUT2D eigenvalue weighted by molar-refractivity contribution is 9.10. The number of halogens is 2. The highest BCUT2D eigenvalue weighted by atomic mass is 79.9. The van der Waals surface area contributed by atoms with Crippen LogP contribution in [0, 0.1) is 5.82 Å². The first-order valence-electron chi connectivity index (χ1n) is 7.40. The van der Waals surface area contributed by atoms with Crippen LogP contribution in [0.4, 0.5) is 10.1 Å². The second-order valence-corrected chi connectivity index (χ2v) is 6.22. The van der Waals surface area contributed by atoms with Gasteiger partial charge in [0.15, 0.2) is 6.61 Å². The molecular weight excluding hydrogens is 377 g/mol. The van der Waals surface area contributed by atoms with E-state index in [0.717, 1.165) is 5.56 Å². The third-order valence-corrected chi connectivity index (χ3v) is 3.76. The molecule has 2 aromatic carbocycles. The van der Waals surface area contributed by atoms with Crippen molar-refractivity contribution in [1.82, 2.24) is 0 Å². The molecular formula is C18H17BrFNO3. The Morgan fingerprint density at radius 1 is 1.17 bits per heavy atom. The van der Waals surface area contributed by atoms with E-state index in [1.54, 1.807) is 25.1 Å². The van der Waals surface area contributed by atoms with Gasteiger partial charge >= 0.3 is 0 Å². The minimum atomic E-state index is -0.521. The van der Waals surface area contributed by atoms with Crippen molar-refractivity contribution in [1.29, 1.82) is 0 Å². The van der Waals surface area contributed by atoms with Gasteiger partial charge in [-0.2, -0.15) is 0 Å². The fourth-order valence-electron chi connectivity index (χ4n) is 2.00. The molecule has 1 amide bonds. The lowest BCUT2D eigenvalue weighted by molar-refractivity contribution is -0.118. The third kappa shape index (κ3) is 5.77. The van der Waals surface area contributed by atoms with Crippen LogP contribution in [0.3, 0.4) is 0 Å². The Morgan fingerprint density at radius 3 is 2.50 bits per heavy atom. The first-order valence-corrected chi connectivity index (χ1v) is 8.19. The van der Waals surface area contributed by atoms with E-state index in [9.17, 15) is 14.0 Å². The molecule has 0 aliphatic heterocycles. The van der Waals surface area contributed by atoms with Gasteiger partial charge < -0.3 is 14.8 Å². The van der Waals surface area contributed by atoms with Crippen LogP contribution in [0.15, 0.2) is 46.9 Å². The molecule has 2 aromatic rings. The molecule has 0 heterocycles. The lowest BCUT2D eigenvalue weighted by Gasteiger charge is -2.09. The monoisotopic (exact) mass is 393 g/mol. The molecule has 0 bridgehead atoms. The fourth-order valence-corrected chi connectivity index (χ4v) is 2.33. The summed E-state index contributed by atoms with van der Waals surface area (Å²) in [6.07, 6.45) is 1.18. The van der Waals surface area contributed by atoms with Gasteiger partial charge in [-0.15, -0.1) is 0 Å². The van der Waals surface area contributed by atoms with Crippen molar-refractivity contribution in [3.8, 4) is 5.75 Å². The lowest BCUT2D eigenvalue weighted by atomic mass is 10.1. The molecule has 1 N–H and O–H groups in total. The fraction of sp³-hybridized carbons (Fsp3) is 0.222. The first-order chi connectivity index (χ1) is 11.4. The predicted octanol–water partition coefficient (Wildman–Crippen LogP) is 4.13. The summed E-state index contributed by atoms with van der Waals surface area (Å²) in [6.45, 7) is 1.34. The molecule has 24 heavy (non-hydrogen) atoms. The second kappa shape index (κ2) is 8.59. The number of aryl methyl sites for hydroxylation is 1. The Morgan fingerprint density at radius 2 is 1.88 bits per heavy atom. The molecule has 0 fully saturated rings. The molecule has 4 nitrogen and oxygen atoms in total. The molecule has 126 valence electrons. The maximum Gasteiger partial charge on any atom is 0.262 e. The van der Waals surface area contributed by atoms with Crippen molar-refractivity contribution in [3.05, 3.63) is 58.3 Å². The van der Waals surface area contributed by atoms with E-state index in [4.69, 9.17) is 4.74 Å². The van der Waals surface area contributed by atoms with E-state index in [1.165, 1.54) is 12.1 Å². The number of nitrogens with one attached hydrogen (secondary N) is 1. The SMILES string of the molecule is CC(=O)CCc1ccc(OCC(=O)Nc2ccc(Br)cc2F)cc1. The van der Waals surface area contributed by atoms with Crippen molar-refractivity contribution in [2.45, 2.75) is 19.8 Å². The van der Waals surface area contributed by atoms with Crippen LogP contribution in [0.1, 0.15) is 18.9 Å². The number of amides is 1. The van der Waals surface area contributed by atoms with E-state index in [0.29, 0.717) is 23.1 Å². The molecule has 0 saturated heterocycles. The van der Waals surface area contributed by atoms with Gasteiger partial charge in [0, 0.05) is 10.9 Å². The van der Waals surface area contributed by atoms with Gasteiger partial charge in [-0.05, 0) is 49.2 Å². The van der Waals surface area contributed by atoms with Crippen molar-refractivity contribution in [3.63, 3.8) is 0 Å². The lowest BCUT2D eigenvalue weighted by Crippen LogP contribution is -2.20. The molecule has 0 aromatic heterocycles. The number of anilines is 1. The highest BCUT2D eigenvalue weighted by Gasteiger charge is 2.08. The van der Waals surface area contributed by atoms with E-state index in [2.05, 4.69) is 21.2 Å². The number of Topliss-reactive ketones (excluding diaryl/α,β-unsaturated/α-hetero) is 1. The van der Waals surface area contributed by atoms with Crippen LogP contribution < -0.4 is 10.1 Å². The minimum Gasteiger partial charge on any atom is -0.484 e. The zero-order valence-corrected chi connectivity index (χ0v) is 14.7. The average molecular weight is 394 g/mol. The van der Waals surface area contributed by atoms with Gasteiger partial charge in [-0.3, -0.25) is 4.79 Å². The summed E-state index contributed by atoms with van der Waals surface area (Å²) in [5, 5.41) is 2.45. The zero-order chi connectivity index (χ0) is 17.5. The van der Waals surface area contributed by atoms with Crippen molar-refractivity contribution >= 4 is 33.3 Å². The number of rotatable bonds is 7. The van der Waals surface area contributed by atoms with Crippen LogP contribution in [-0.4, -0.2) is 18.3 Å². The number of benzene rings is 2. The molecule has 0 saturated carbocycles. The molecule has 0 radical (unpaired) electrons. The Bertz CT molecular complexity index is 732. The summed E-state index contributed by atoms with van der Waals surface area (Å²) in [7, 11) is 0. The van der Waals surface area contributed by atoms with Crippen LogP contribution in [0.5, 0.6) is 5.75 Å². The number of carbonyl (C=O) groups excluding carboxylic acids is 2. The third-order valence-electron chi connectivity index (χ3n) is 3.26. The average Bonchev–Trinajstić information content (AvgIpc) is 2.54. The number of ether oxygens (including phenoxy) is 1. The number of carbonyl (C=O) groups is 2. The number of ketones is 1. The zero-order valence-electron chi connectivity index (χ0n) is 13.1. The van der Waals surface area contributed by atoms with E-state index in [-0.39, 0.29) is 18.1 Å². The normalized spacial score (nSPS) is 10.3. The van der Waals surface area contributed by atoms with Gasteiger partial charge in [0.25, 0.3) is 5.91 Å². The summed E-state index contributed by atoms with van der Waals surface area (Å²) in [5.41, 5.74) is 1.13. The molecule has 0 unspecified atom stereocenters. The molecule has 6 heteroatoms. The topological polar surface area (TPSA) is 55.4 Å². The summed E-state index contributed by atoms with van der Waals surface area (Å²) in [5.74, 6) is -0.287. The largest absolute Gasteiger partial charge is 0.484 e. The Kier molecular flexibility index (Phi) is 6.49.